The molecule has 0 aliphatic rings. The summed E-state index contributed by atoms with van der Waals surface area (Å²) in [6.45, 7) is 4.26. The Labute approximate surface area is 125 Å². The average Bonchev–Trinajstić information content (AvgIpc) is 2.76. The van der Waals surface area contributed by atoms with Crippen molar-refractivity contribution >= 4 is 38.6 Å². The summed E-state index contributed by atoms with van der Waals surface area (Å²) in [5.74, 6) is 0. The van der Waals surface area contributed by atoms with Crippen LogP contribution in [0.4, 0.5) is 5.69 Å². The van der Waals surface area contributed by atoms with Crippen LogP contribution in [0.1, 0.15) is 6.42 Å². The Hall–Kier alpha value is -1.000. The van der Waals surface area contributed by atoms with Crippen LogP contribution in [0.3, 0.4) is 0 Å². The van der Waals surface area contributed by atoms with E-state index in [0.29, 0.717) is 24.4 Å². The van der Waals surface area contributed by atoms with Crippen molar-refractivity contribution in [2.24, 2.45) is 0 Å². The van der Waals surface area contributed by atoms with Gasteiger partial charge in [0.25, 0.3) is 5.69 Å². The average molecular weight is 341 g/mol. The highest BCUT2D eigenvalue weighted by atomic mass is 35.5. The quantitative estimate of drug-likeness (QED) is 0.321. The molecule has 112 valence electrons. The molecule has 0 saturated carbocycles. The van der Waals surface area contributed by atoms with Gasteiger partial charge in [-0.2, -0.15) is 0 Å². The highest BCUT2D eigenvalue weighted by molar-refractivity contribution is 7.91. The number of ether oxygens (including phenoxy) is 1. The summed E-state index contributed by atoms with van der Waals surface area (Å²) in [6.07, 6.45) is 2.37. The molecule has 20 heavy (non-hydrogen) atoms. The predicted octanol–water partition coefficient (Wildman–Crippen LogP) is 2.18. The van der Waals surface area contributed by atoms with E-state index >= 15 is 0 Å². The molecule has 1 heterocycles. The molecule has 1 aromatic rings. The van der Waals surface area contributed by atoms with Crippen LogP contribution in [-0.2, 0) is 14.8 Å². The summed E-state index contributed by atoms with van der Waals surface area (Å²) >= 11 is 6.26. The Kier molecular flexibility index (Phi) is 6.56. The lowest BCUT2D eigenvalue weighted by atomic mass is 10.5. The molecule has 0 radical (unpaired) electrons. The van der Waals surface area contributed by atoms with Gasteiger partial charge in [0, 0.05) is 12.6 Å². The van der Waals surface area contributed by atoms with Gasteiger partial charge in [-0.1, -0.05) is 17.7 Å². The number of nitrogens with zero attached hydrogens (tertiary/aromatic N) is 1. The van der Waals surface area contributed by atoms with Gasteiger partial charge in [-0.05, 0) is 6.42 Å². The zero-order valence-electron chi connectivity index (χ0n) is 10.4. The maximum absolute atomic E-state index is 11.9. The second kappa shape index (κ2) is 7.70. The van der Waals surface area contributed by atoms with E-state index in [4.69, 9.17) is 16.3 Å². The normalized spacial score (nSPS) is 11.4. The lowest BCUT2D eigenvalue weighted by Crippen LogP contribution is -2.26. The smallest absolute Gasteiger partial charge is 0.300 e. The molecule has 0 saturated heterocycles. The number of rotatable bonds is 9. The molecule has 1 N–H and O–H groups in total. The fourth-order valence-electron chi connectivity index (χ4n) is 1.18. The molecule has 0 atom stereocenters. The summed E-state index contributed by atoms with van der Waals surface area (Å²) in [4.78, 5) is 9.88. The van der Waals surface area contributed by atoms with Crippen LogP contribution in [0.15, 0.2) is 22.9 Å². The standard InChI is InChI=1S/C10H13ClN2O5S2/c1-2-3-5-18-6-4-12-20(16,17)9-7-8(13(14)15)10(11)19-9/h2,7,12H,1,3-6H2. The van der Waals surface area contributed by atoms with Crippen LogP contribution in [0, 0.1) is 10.1 Å². The van der Waals surface area contributed by atoms with Gasteiger partial charge in [-0.3, -0.25) is 10.1 Å². The van der Waals surface area contributed by atoms with Crippen LogP contribution in [-0.4, -0.2) is 33.1 Å². The largest absolute Gasteiger partial charge is 0.380 e. The summed E-state index contributed by atoms with van der Waals surface area (Å²) in [6, 6.07) is 0.938. The predicted molar refractivity (Wildman–Crippen MR) is 76.8 cm³/mol. The van der Waals surface area contributed by atoms with Crippen molar-refractivity contribution in [1.29, 1.82) is 0 Å². The molecule has 1 aromatic heterocycles. The van der Waals surface area contributed by atoms with Crippen LogP contribution >= 0.6 is 22.9 Å². The maximum Gasteiger partial charge on any atom is 0.300 e. The Morgan fingerprint density at radius 2 is 2.25 bits per heavy atom. The highest BCUT2D eigenvalue weighted by Crippen LogP contribution is 2.35. The number of sulfonamides is 1. The van der Waals surface area contributed by atoms with E-state index in [9.17, 15) is 18.5 Å². The van der Waals surface area contributed by atoms with Crippen molar-refractivity contribution in [3.05, 3.63) is 33.2 Å². The molecule has 7 nitrogen and oxygen atoms in total. The molecule has 0 amide bonds. The minimum Gasteiger partial charge on any atom is -0.380 e. The van der Waals surface area contributed by atoms with Crippen LogP contribution < -0.4 is 4.72 Å². The van der Waals surface area contributed by atoms with E-state index in [1.807, 2.05) is 0 Å². The Balaban J connectivity index is 2.58. The number of nitrogens with one attached hydrogen (secondary N) is 1. The number of nitro groups is 1. The molecule has 0 spiro atoms. The molecule has 0 aromatic carbocycles. The first kappa shape index (κ1) is 17.1. The molecular formula is C10H13ClN2O5S2. The monoisotopic (exact) mass is 340 g/mol. The Morgan fingerprint density at radius 3 is 2.80 bits per heavy atom. The molecule has 1 rings (SSSR count). The highest BCUT2D eigenvalue weighted by Gasteiger charge is 2.24. The van der Waals surface area contributed by atoms with Crippen molar-refractivity contribution in [3.63, 3.8) is 0 Å². The van der Waals surface area contributed by atoms with E-state index in [2.05, 4.69) is 11.3 Å². The minimum atomic E-state index is -3.81. The second-order valence-corrected chi connectivity index (χ2v) is 7.22. The van der Waals surface area contributed by atoms with Crippen molar-refractivity contribution in [2.45, 2.75) is 10.6 Å². The van der Waals surface area contributed by atoms with Crippen molar-refractivity contribution in [2.75, 3.05) is 19.8 Å². The van der Waals surface area contributed by atoms with E-state index < -0.39 is 20.6 Å². The lowest BCUT2D eigenvalue weighted by molar-refractivity contribution is -0.384. The van der Waals surface area contributed by atoms with Gasteiger partial charge in [0.05, 0.1) is 18.1 Å². The topological polar surface area (TPSA) is 98.5 Å². The summed E-state index contributed by atoms with van der Waals surface area (Å²) < 4.78 is 30.8. The van der Waals surface area contributed by atoms with Crippen LogP contribution in [0.5, 0.6) is 0 Å². The van der Waals surface area contributed by atoms with E-state index in [0.717, 1.165) is 6.07 Å². The Morgan fingerprint density at radius 1 is 1.55 bits per heavy atom. The Bertz CT molecular complexity index is 584. The summed E-state index contributed by atoms with van der Waals surface area (Å²) in [7, 11) is -3.81. The molecule has 0 unspecified atom stereocenters. The van der Waals surface area contributed by atoms with Gasteiger partial charge in [0.15, 0.2) is 4.34 Å². The van der Waals surface area contributed by atoms with Gasteiger partial charge < -0.3 is 4.74 Å². The summed E-state index contributed by atoms with van der Waals surface area (Å²) in [5.41, 5.74) is -0.417. The first-order valence-electron chi connectivity index (χ1n) is 5.50. The van der Waals surface area contributed by atoms with Crippen molar-refractivity contribution in [3.8, 4) is 0 Å². The third kappa shape index (κ3) is 4.84. The fourth-order valence-corrected chi connectivity index (χ4v) is 3.91. The number of thiophene rings is 1. The van der Waals surface area contributed by atoms with Gasteiger partial charge in [0.1, 0.15) is 4.21 Å². The number of halogens is 1. The molecule has 0 aliphatic carbocycles. The van der Waals surface area contributed by atoms with Crippen LogP contribution in [0.25, 0.3) is 0 Å². The molecular weight excluding hydrogens is 328 g/mol. The van der Waals surface area contributed by atoms with E-state index in [1.165, 1.54) is 0 Å². The third-order valence-corrected chi connectivity index (χ3v) is 5.38. The second-order valence-electron chi connectivity index (χ2n) is 3.57. The van der Waals surface area contributed by atoms with Gasteiger partial charge in [-0.15, -0.1) is 17.9 Å². The number of hydrogen-bond donors (Lipinski definition) is 1. The maximum atomic E-state index is 11.9. The van der Waals surface area contributed by atoms with Crippen molar-refractivity contribution < 1.29 is 18.1 Å². The van der Waals surface area contributed by atoms with E-state index in [1.54, 1.807) is 6.08 Å². The molecule has 0 aliphatic heterocycles. The van der Waals surface area contributed by atoms with Crippen LogP contribution in [0.2, 0.25) is 4.34 Å². The van der Waals surface area contributed by atoms with Gasteiger partial charge >= 0.3 is 0 Å². The SMILES string of the molecule is C=CCCOCCNS(=O)(=O)c1cc([N+](=O)[O-])c(Cl)s1. The zero-order chi connectivity index (χ0) is 15.2. The van der Waals surface area contributed by atoms with Gasteiger partial charge in [0.2, 0.25) is 10.0 Å². The molecule has 10 heteroatoms. The molecule has 0 bridgehead atoms. The minimum absolute atomic E-state index is 0.0722. The lowest BCUT2D eigenvalue weighted by Gasteiger charge is -2.04. The first-order chi connectivity index (χ1) is 9.38. The number of hydrogen-bond acceptors (Lipinski definition) is 6. The third-order valence-electron chi connectivity index (χ3n) is 2.11. The fraction of sp³-hybridized carbons (Fsp3) is 0.400. The summed E-state index contributed by atoms with van der Waals surface area (Å²) in [5, 5.41) is 10.6. The first-order valence-corrected chi connectivity index (χ1v) is 8.18. The van der Waals surface area contributed by atoms with E-state index in [-0.39, 0.29) is 21.7 Å². The molecule has 0 fully saturated rings. The van der Waals surface area contributed by atoms with Gasteiger partial charge in [-0.25, -0.2) is 13.1 Å². The zero-order valence-corrected chi connectivity index (χ0v) is 12.8. The van der Waals surface area contributed by atoms with Crippen molar-refractivity contribution in [1.82, 2.24) is 4.72 Å².